The zero-order valence-corrected chi connectivity index (χ0v) is 11.7. The van der Waals surface area contributed by atoms with E-state index in [0.29, 0.717) is 0 Å². The molecule has 0 aromatic heterocycles. The van der Waals surface area contributed by atoms with Crippen molar-refractivity contribution in [3.63, 3.8) is 0 Å². The number of hydrogen-bond acceptors (Lipinski definition) is 1. The zero-order valence-electron chi connectivity index (χ0n) is 9.15. The quantitative estimate of drug-likeness (QED) is 0.792. The van der Waals surface area contributed by atoms with Gasteiger partial charge in [0.2, 0.25) is 0 Å². The molecule has 17 heavy (non-hydrogen) atoms. The fraction of sp³-hybridized carbons (Fsp3) is 0. The van der Waals surface area contributed by atoms with Crippen LogP contribution in [0.2, 0.25) is 0 Å². The van der Waals surface area contributed by atoms with E-state index in [0.717, 1.165) is 4.90 Å². The molecule has 0 radical (unpaired) electrons. The molecule has 0 fully saturated rings. The van der Waals surface area contributed by atoms with Crippen molar-refractivity contribution in [2.75, 3.05) is 0 Å². The average molecular weight is 307 g/mol. The van der Waals surface area contributed by atoms with Crippen LogP contribution in [0.4, 0.5) is 0 Å². The second-order valence-corrected chi connectivity index (χ2v) is 6.71. The first-order valence-corrected chi connectivity index (χ1v) is 8.26. The summed E-state index contributed by atoms with van der Waals surface area (Å²) in [7, 11) is -1.02. The molecule has 2 aromatic rings. The minimum atomic E-state index is -1.02. The van der Waals surface area contributed by atoms with Crippen molar-refractivity contribution in [1.29, 1.82) is 0 Å². The molecule has 2 aromatic carbocycles. The molecule has 0 bridgehead atoms. The molecule has 1 unspecified atom stereocenters. The van der Waals surface area contributed by atoms with Crippen LogP contribution in [0.1, 0.15) is 0 Å². The van der Waals surface area contributed by atoms with Gasteiger partial charge in [-0.1, -0.05) is 0 Å². The summed E-state index contributed by atoms with van der Waals surface area (Å²) in [6.07, 6.45) is 0. The van der Waals surface area contributed by atoms with Crippen LogP contribution in [-0.2, 0) is 10.8 Å². The van der Waals surface area contributed by atoms with Crippen molar-refractivity contribution in [1.82, 2.24) is 0 Å². The number of hydrogen-bond donors (Lipinski definition) is 0. The third-order valence-corrected chi connectivity index (χ3v) is 5.32. The van der Waals surface area contributed by atoms with Crippen molar-refractivity contribution in [3.8, 4) is 0 Å². The zero-order chi connectivity index (χ0) is 11.9. The first-order valence-electron chi connectivity index (χ1n) is 5.20. The van der Waals surface area contributed by atoms with Gasteiger partial charge in [-0.05, 0) is 0 Å². The van der Waals surface area contributed by atoms with Crippen LogP contribution >= 0.6 is 0 Å². The van der Waals surface area contributed by atoms with Crippen molar-refractivity contribution < 1.29 is 4.21 Å². The van der Waals surface area contributed by atoms with Crippen LogP contribution in [0.25, 0.3) is 0 Å². The summed E-state index contributed by atoms with van der Waals surface area (Å²) in [4.78, 5) is 2.87. The molecule has 0 heterocycles. The van der Waals surface area contributed by atoms with Crippen molar-refractivity contribution in [2.45, 2.75) is 4.90 Å². The van der Waals surface area contributed by atoms with Gasteiger partial charge in [-0.2, -0.15) is 0 Å². The summed E-state index contributed by atoms with van der Waals surface area (Å²) in [5, 5.41) is 1.78. The Kier molecular flexibility index (Phi) is 4.74. The van der Waals surface area contributed by atoms with Gasteiger partial charge in [0.05, 0.1) is 0 Å². The predicted molar refractivity (Wildman–Crippen MR) is 73.8 cm³/mol. The molecule has 0 saturated carbocycles. The van der Waals surface area contributed by atoms with E-state index >= 15 is 0 Å². The predicted octanol–water partition coefficient (Wildman–Crippen LogP) is 2.30. The van der Waals surface area contributed by atoms with Crippen LogP contribution in [0.3, 0.4) is 0 Å². The van der Waals surface area contributed by atoms with Gasteiger partial charge in [-0.3, -0.25) is 0 Å². The molecule has 0 aliphatic heterocycles. The maximum absolute atomic E-state index is 11.9. The van der Waals surface area contributed by atoms with E-state index in [2.05, 4.69) is 12.1 Å². The summed E-state index contributed by atoms with van der Waals surface area (Å²) in [5.74, 6) is 0. The summed E-state index contributed by atoms with van der Waals surface area (Å²) in [5.41, 5.74) is 0. The van der Waals surface area contributed by atoms with Crippen LogP contribution in [0, 0.1) is 0 Å². The monoisotopic (exact) mass is 308 g/mol. The van der Waals surface area contributed by atoms with E-state index in [4.69, 9.17) is 0 Å². The molecule has 1 nitrogen and oxygen atoms in total. The molecule has 0 saturated heterocycles. The van der Waals surface area contributed by atoms with E-state index in [-0.39, 0.29) is 15.0 Å². The third kappa shape index (κ3) is 3.97. The summed E-state index contributed by atoms with van der Waals surface area (Å²) < 4.78 is 13.2. The van der Waals surface area contributed by atoms with Crippen molar-refractivity contribution in [2.24, 2.45) is 0 Å². The SMILES string of the molecule is O=S(/C=C/[Se]c1ccccc1)c1ccccc1. The summed E-state index contributed by atoms with van der Waals surface area (Å²) >= 11 is 0.256. The fourth-order valence-corrected chi connectivity index (χ4v) is 4.00. The standard InChI is InChI=1S/C14H12OSSe/c15-16(13-7-3-1-4-8-13)11-12-17-14-9-5-2-6-10-14/h1-12H/b12-11+. The van der Waals surface area contributed by atoms with Gasteiger partial charge in [0.15, 0.2) is 0 Å². The Morgan fingerprint density at radius 2 is 1.47 bits per heavy atom. The summed E-state index contributed by atoms with van der Waals surface area (Å²) in [6, 6.07) is 19.8. The molecule has 0 N–H and O–H groups in total. The average Bonchev–Trinajstić information content (AvgIpc) is 2.41. The molecular formula is C14H12OSSe. The van der Waals surface area contributed by atoms with E-state index in [1.165, 1.54) is 4.46 Å². The van der Waals surface area contributed by atoms with Crippen molar-refractivity contribution in [3.05, 3.63) is 71.0 Å². The van der Waals surface area contributed by atoms with Crippen LogP contribution in [-0.4, -0.2) is 19.2 Å². The Hall–Kier alpha value is -1.15. The normalized spacial score (nSPS) is 12.7. The Morgan fingerprint density at radius 1 is 0.882 bits per heavy atom. The fourth-order valence-electron chi connectivity index (χ4n) is 1.29. The number of benzene rings is 2. The van der Waals surface area contributed by atoms with Gasteiger partial charge in [-0.25, -0.2) is 0 Å². The minimum absolute atomic E-state index is 0.256. The molecule has 0 spiro atoms. The molecule has 2 rings (SSSR count). The van der Waals surface area contributed by atoms with Crippen LogP contribution in [0.5, 0.6) is 0 Å². The Labute approximate surface area is 110 Å². The van der Waals surface area contributed by atoms with E-state index in [1.807, 2.05) is 53.5 Å². The molecule has 0 aliphatic rings. The molecule has 0 amide bonds. The third-order valence-electron chi connectivity index (χ3n) is 2.10. The van der Waals surface area contributed by atoms with Gasteiger partial charge in [0.1, 0.15) is 0 Å². The molecule has 86 valence electrons. The van der Waals surface area contributed by atoms with E-state index in [9.17, 15) is 4.21 Å². The topological polar surface area (TPSA) is 17.1 Å². The first kappa shape index (κ1) is 12.3. The number of rotatable bonds is 4. The molecular weight excluding hydrogens is 295 g/mol. The van der Waals surface area contributed by atoms with Gasteiger partial charge >= 0.3 is 110 Å². The summed E-state index contributed by atoms with van der Waals surface area (Å²) in [6.45, 7) is 0. The maximum atomic E-state index is 11.9. The second-order valence-electron chi connectivity index (χ2n) is 3.31. The van der Waals surface area contributed by atoms with Crippen molar-refractivity contribution >= 4 is 30.2 Å². The molecule has 3 heteroatoms. The van der Waals surface area contributed by atoms with Gasteiger partial charge < -0.3 is 0 Å². The van der Waals surface area contributed by atoms with Gasteiger partial charge in [-0.15, -0.1) is 0 Å². The Balaban J connectivity index is 1.96. The Morgan fingerprint density at radius 3 is 2.12 bits per heavy atom. The van der Waals surface area contributed by atoms with Gasteiger partial charge in [0.25, 0.3) is 0 Å². The van der Waals surface area contributed by atoms with E-state index in [1.54, 1.807) is 5.41 Å². The van der Waals surface area contributed by atoms with Crippen LogP contribution in [0.15, 0.2) is 75.9 Å². The molecule has 0 aliphatic carbocycles. The Bertz CT molecular complexity index is 508. The molecule has 1 atom stereocenters. The first-order chi connectivity index (χ1) is 8.36. The van der Waals surface area contributed by atoms with Crippen LogP contribution < -0.4 is 4.46 Å². The van der Waals surface area contributed by atoms with E-state index < -0.39 is 10.8 Å². The van der Waals surface area contributed by atoms with Gasteiger partial charge in [0, 0.05) is 0 Å². The second kappa shape index (κ2) is 6.55.